The minimum atomic E-state index is 0.278. The van der Waals surface area contributed by atoms with E-state index in [0.717, 1.165) is 31.9 Å². The fraction of sp³-hybridized carbons (Fsp3) is 0.435. The van der Waals surface area contributed by atoms with Gasteiger partial charge in [0.25, 0.3) is 0 Å². The van der Waals surface area contributed by atoms with Gasteiger partial charge in [-0.15, -0.1) is 0 Å². The van der Waals surface area contributed by atoms with Gasteiger partial charge in [0.1, 0.15) is 0 Å². The lowest BCUT2D eigenvalue weighted by Gasteiger charge is -2.34. The number of carbonyl (C=O) groups is 1. The van der Waals surface area contributed by atoms with Crippen molar-refractivity contribution in [3.63, 3.8) is 0 Å². The Morgan fingerprint density at radius 3 is 2.41 bits per heavy atom. The normalized spacial score (nSPS) is 15.1. The molecular formula is C23H31N3OS2. The highest BCUT2D eigenvalue weighted by Gasteiger charge is 2.23. The molecule has 1 fully saturated rings. The number of carbonyl (C=O) groups excluding carboxylic acids is 1. The number of nitrogen functional groups attached to an aromatic ring is 1. The fourth-order valence-electron chi connectivity index (χ4n) is 3.26. The largest absolute Gasteiger partial charge is 0.399 e. The van der Waals surface area contributed by atoms with Gasteiger partial charge in [0.05, 0.1) is 0 Å². The number of nitrogens with zero attached hydrogens (tertiary/aromatic N) is 2. The van der Waals surface area contributed by atoms with Crippen molar-refractivity contribution in [2.45, 2.75) is 48.8 Å². The molecule has 1 saturated heterocycles. The van der Waals surface area contributed by atoms with Crippen LogP contribution < -0.4 is 5.73 Å². The van der Waals surface area contributed by atoms with Gasteiger partial charge >= 0.3 is 0 Å². The Kier molecular flexibility index (Phi) is 7.55. The monoisotopic (exact) mass is 429 g/mol. The van der Waals surface area contributed by atoms with Crippen molar-refractivity contribution in [1.29, 1.82) is 0 Å². The molecule has 1 amide bonds. The van der Waals surface area contributed by atoms with Gasteiger partial charge in [-0.1, -0.05) is 37.7 Å². The first-order valence-corrected chi connectivity index (χ1v) is 11.8. The van der Waals surface area contributed by atoms with E-state index < -0.39 is 0 Å². The molecular weight excluding hydrogens is 398 g/mol. The van der Waals surface area contributed by atoms with Gasteiger partial charge < -0.3 is 10.6 Å². The minimum absolute atomic E-state index is 0.278. The molecule has 3 rings (SSSR count). The number of amides is 1. The van der Waals surface area contributed by atoms with Crippen molar-refractivity contribution in [3.05, 3.63) is 47.5 Å². The summed E-state index contributed by atoms with van der Waals surface area (Å²) in [7, 11) is 0. The Bertz CT molecular complexity index is 861. The predicted molar refractivity (Wildman–Crippen MR) is 124 cm³/mol. The van der Waals surface area contributed by atoms with Crippen molar-refractivity contribution in [2.75, 3.05) is 31.9 Å². The van der Waals surface area contributed by atoms with E-state index in [-0.39, 0.29) is 5.91 Å². The first kappa shape index (κ1) is 22.1. The van der Waals surface area contributed by atoms with Crippen molar-refractivity contribution in [2.24, 2.45) is 5.92 Å². The average Bonchev–Trinajstić information content (AvgIpc) is 2.67. The second-order valence-electron chi connectivity index (χ2n) is 8.08. The molecule has 2 N–H and O–H groups in total. The van der Waals surface area contributed by atoms with Gasteiger partial charge in [0.2, 0.25) is 5.91 Å². The summed E-state index contributed by atoms with van der Waals surface area (Å²) in [5.74, 6) is 0.687. The minimum Gasteiger partial charge on any atom is -0.399 e. The van der Waals surface area contributed by atoms with Crippen molar-refractivity contribution in [1.82, 2.24) is 9.21 Å². The predicted octanol–water partition coefficient (Wildman–Crippen LogP) is 5.23. The summed E-state index contributed by atoms with van der Waals surface area (Å²) in [6, 6.07) is 12.7. The summed E-state index contributed by atoms with van der Waals surface area (Å²) in [6.45, 7) is 11.8. The molecule has 0 atom stereocenters. The number of aryl methyl sites for hydroxylation is 2. The number of benzene rings is 2. The average molecular weight is 430 g/mol. The van der Waals surface area contributed by atoms with Gasteiger partial charge in [-0.25, -0.2) is 4.31 Å². The summed E-state index contributed by atoms with van der Waals surface area (Å²) in [6.07, 6.45) is 0.638. The van der Waals surface area contributed by atoms with Crippen LogP contribution >= 0.6 is 23.7 Å². The van der Waals surface area contributed by atoms with E-state index in [4.69, 9.17) is 5.73 Å². The van der Waals surface area contributed by atoms with Crippen LogP contribution in [-0.4, -0.2) is 41.3 Å². The highest BCUT2D eigenvalue weighted by Crippen LogP contribution is 2.39. The molecule has 1 heterocycles. The Morgan fingerprint density at radius 2 is 1.72 bits per heavy atom. The lowest BCUT2D eigenvalue weighted by molar-refractivity contribution is -0.133. The number of nitrogens with two attached hydrogens (primary N) is 1. The highest BCUT2D eigenvalue weighted by atomic mass is 32.2. The molecule has 0 radical (unpaired) electrons. The van der Waals surface area contributed by atoms with E-state index in [1.165, 1.54) is 25.8 Å². The summed E-state index contributed by atoms with van der Waals surface area (Å²) in [5.41, 5.74) is 9.43. The Balaban J connectivity index is 1.68. The highest BCUT2D eigenvalue weighted by molar-refractivity contribution is 8.01. The molecule has 0 bridgehead atoms. The molecule has 1 aliphatic heterocycles. The summed E-state index contributed by atoms with van der Waals surface area (Å²) < 4.78 is 2.35. The SMILES string of the molecule is Cc1ccc(C)c(Sc2ccc(N)cc2SN2CCN(C(=O)CC(C)C)CC2)c1. The molecule has 0 spiro atoms. The topological polar surface area (TPSA) is 49.6 Å². The van der Waals surface area contributed by atoms with Crippen LogP contribution in [0.5, 0.6) is 0 Å². The Hall–Kier alpha value is -1.63. The Labute approximate surface area is 183 Å². The van der Waals surface area contributed by atoms with Crippen molar-refractivity contribution < 1.29 is 4.79 Å². The van der Waals surface area contributed by atoms with Gasteiger partial charge in [0, 0.05) is 53.0 Å². The van der Waals surface area contributed by atoms with Crippen LogP contribution in [0.2, 0.25) is 0 Å². The maximum atomic E-state index is 12.3. The zero-order valence-corrected chi connectivity index (χ0v) is 19.4. The molecule has 29 heavy (non-hydrogen) atoms. The number of rotatable bonds is 6. The van der Waals surface area contributed by atoms with Crippen LogP contribution in [0, 0.1) is 19.8 Å². The van der Waals surface area contributed by atoms with E-state index in [1.807, 2.05) is 11.0 Å². The van der Waals surface area contributed by atoms with E-state index in [9.17, 15) is 4.79 Å². The van der Waals surface area contributed by atoms with Crippen LogP contribution in [-0.2, 0) is 4.79 Å². The maximum absolute atomic E-state index is 12.3. The van der Waals surface area contributed by atoms with Gasteiger partial charge in [-0.2, -0.15) is 0 Å². The number of piperazine rings is 1. The number of hydrogen-bond donors (Lipinski definition) is 1. The summed E-state index contributed by atoms with van der Waals surface area (Å²) in [4.78, 5) is 18.0. The first-order chi connectivity index (χ1) is 13.8. The third-order valence-electron chi connectivity index (χ3n) is 4.93. The van der Waals surface area contributed by atoms with Crippen LogP contribution in [0.25, 0.3) is 0 Å². The molecule has 0 aliphatic carbocycles. The second-order valence-corrected chi connectivity index (χ2v) is 10.3. The molecule has 2 aromatic rings. The Morgan fingerprint density at radius 1 is 1.00 bits per heavy atom. The van der Waals surface area contributed by atoms with Gasteiger partial charge in [-0.3, -0.25) is 4.79 Å². The number of hydrogen-bond acceptors (Lipinski definition) is 5. The van der Waals surface area contributed by atoms with E-state index >= 15 is 0 Å². The van der Waals surface area contributed by atoms with Crippen LogP contribution in [0.15, 0.2) is 51.1 Å². The molecule has 2 aromatic carbocycles. The molecule has 156 valence electrons. The molecule has 6 heteroatoms. The third-order valence-corrected chi connectivity index (χ3v) is 7.46. The van der Waals surface area contributed by atoms with Crippen molar-refractivity contribution >= 4 is 35.3 Å². The van der Waals surface area contributed by atoms with Crippen LogP contribution in [0.3, 0.4) is 0 Å². The zero-order valence-electron chi connectivity index (χ0n) is 17.8. The van der Waals surface area contributed by atoms with Crippen molar-refractivity contribution in [3.8, 4) is 0 Å². The standard InChI is InChI=1S/C23H31N3OS2/c1-16(2)13-23(27)25-9-11-26(12-10-25)29-22-15-19(24)7-8-20(22)28-21-14-17(3)5-6-18(21)4/h5-8,14-16H,9-13,24H2,1-4H3. The lowest BCUT2D eigenvalue weighted by atomic mass is 10.1. The van der Waals surface area contributed by atoms with E-state index in [0.29, 0.717) is 12.3 Å². The maximum Gasteiger partial charge on any atom is 0.222 e. The second kappa shape index (κ2) is 9.92. The molecule has 0 unspecified atom stereocenters. The summed E-state index contributed by atoms with van der Waals surface area (Å²) in [5, 5.41) is 0. The van der Waals surface area contributed by atoms with E-state index in [1.54, 1.807) is 23.7 Å². The van der Waals surface area contributed by atoms with Gasteiger partial charge in [0.15, 0.2) is 0 Å². The number of anilines is 1. The van der Waals surface area contributed by atoms with E-state index in [2.05, 4.69) is 62.3 Å². The third kappa shape index (κ3) is 6.17. The lowest BCUT2D eigenvalue weighted by Crippen LogP contribution is -2.46. The molecule has 4 nitrogen and oxygen atoms in total. The van der Waals surface area contributed by atoms with Crippen LogP contribution in [0.1, 0.15) is 31.4 Å². The van der Waals surface area contributed by atoms with Gasteiger partial charge in [-0.05, 0) is 67.1 Å². The summed E-state index contributed by atoms with van der Waals surface area (Å²) >= 11 is 3.55. The quantitative estimate of drug-likeness (QED) is 0.503. The fourth-order valence-corrected chi connectivity index (χ4v) is 5.48. The molecule has 0 saturated carbocycles. The first-order valence-electron chi connectivity index (χ1n) is 10.2. The zero-order chi connectivity index (χ0) is 21.0. The van der Waals surface area contributed by atoms with Crippen LogP contribution in [0.4, 0.5) is 5.69 Å². The molecule has 1 aliphatic rings. The molecule has 0 aromatic heterocycles. The smallest absolute Gasteiger partial charge is 0.222 e.